The molecule has 0 aliphatic carbocycles. The van der Waals surface area contributed by atoms with E-state index in [1.54, 1.807) is 16.4 Å². The number of hydrogen-bond acceptors (Lipinski definition) is 7. The zero-order chi connectivity index (χ0) is 26.7. The molecule has 2 fully saturated rings. The number of thiocarbonyl (C=S) groups is 1. The van der Waals surface area contributed by atoms with Gasteiger partial charge in [0.1, 0.15) is 21.8 Å². The summed E-state index contributed by atoms with van der Waals surface area (Å²) in [7, 11) is 0. The molecule has 0 radical (unpaired) electrons. The van der Waals surface area contributed by atoms with Gasteiger partial charge in [0.05, 0.1) is 4.91 Å². The van der Waals surface area contributed by atoms with Crippen LogP contribution in [0.5, 0.6) is 0 Å². The van der Waals surface area contributed by atoms with Gasteiger partial charge in [-0.15, -0.1) is 0 Å². The molecule has 2 saturated heterocycles. The second kappa shape index (κ2) is 11.6. The Balaban J connectivity index is 1.72. The van der Waals surface area contributed by atoms with E-state index in [0.717, 1.165) is 50.5 Å². The number of aromatic nitrogens is 1. The van der Waals surface area contributed by atoms with Crippen molar-refractivity contribution in [2.24, 2.45) is 0 Å². The van der Waals surface area contributed by atoms with Crippen LogP contribution in [0.1, 0.15) is 49.4 Å². The highest BCUT2D eigenvalue weighted by Gasteiger charge is 2.35. The molecule has 2 aliphatic heterocycles. The highest BCUT2D eigenvalue weighted by atomic mass is 32.2. The summed E-state index contributed by atoms with van der Waals surface area (Å²) >= 11 is 6.82. The first-order chi connectivity index (χ1) is 17.8. The van der Waals surface area contributed by atoms with Crippen molar-refractivity contribution in [2.75, 3.05) is 31.1 Å². The first-order valence-corrected chi connectivity index (χ1v) is 14.0. The maximum absolute atomic E-state index is 13.3. The second-order valence-electron chi connectivity index (χ2n) is 9.46. The predicted octanol–water partition coefficient (Wildman–Crippen LogP) is 4.37. The number of carbonyl (C=O) groups excluding carboxylic acids is 1. The van der Waals surface area contributed by atoms with E-state index in [0.29, 0.717) is 21.3 Å². The van der Waals surface area contributed by atoms with Crippen molar-refractivity contribution in [1.82, 2.24) is 14.4 Å². The first kappa shape index (κ1) is 27.1. The molecule has 4 rings (SSSR count). The Bertz CT molecular complexity index is 1320. The van der Waals surface area contributed by atoms with Crippen molar-refractivity contribution >= 4 is 46.1 Å². The summed E-state index contributed by atoms with van der Waals surface area (Å²) in [4.78, 5) is 33.4. The molecule has 0 bridgehead atoms. The fraction of sp³-hybridized carbons (Fsp3) is 0.429. The number of anilines is 1. The quantitative estimate of drug-likeness (QED) is 0.385. The number of nitrogens with zero attached hydrogens (tertiary/aromatic N) is 5. The summed E-state index contributed by atoms with van der Waals surface area (Å²) < 4.78 is 2.23. The monoisotopic (exact) mass is 535 g/mol. The van der Waals surface area contributed by atoms with Crippen LogP contribution in [0.2, 0.25) is 0 Å². The number of hydrogen-bond donors (Lipinski definition) is 0. The van der Waals surface area contributed by atoms with Crippen molar-refractivity contribution in [2.45, 2.75) is 53.2 Å². The average Bonchev–Trinajstić information content (AvgIpc) is 3.18. The number of nitriles is 1. The molecule has 0 saturated carbocycles. The third kappa shape index (κ3) is 5.37. The van der Waals surface area contributed by atoms with Crippen LogP contribution in [0.25, 0.3) is 6.08 Å². The zero-order valence-electron chi connectivity index (χ0n) is 21.9. The molecule has 37 heavy (non-hydrogen) atoms. The second-order valence-corrected chi connectivity index (χ2v) is 11.1. The summed E-state index contributed by atoms with van der Waals surface area (Å²) in [5.41, 5.74) is 2.47. The number of thioether (sulfide) groups is 1. The number of amides is 1. The SMILES string of the molecule is CCC(C)N1C(=O)C(=Cc2c(C)c(C#N)c(=O)n(CC)c2N2CCN(Cc3ccccc3)CC2)SC1=S. The molecule has 3 heterocycles. The van der Waals surface area contributed by atoms with Crippen molar-refractivity contribution in [3.8, 4) is 6.07 Å². The van der Waals surface area contributed by atoms with Gasteiger partial charge >= 0.3 is 0 Å². The molecule has 1 amide bonds. The van der Waals surface area contributed by atoms with E-state index in [9.17, 15) is 14.9 Å². The fourth-order valence-corrected chi connectivity index (χ4v) is 6.36. The summed E-state index contributed by atoms with van der Waals surface area (Å²) in [5.74, 6) is 0.660. The minimum absolute atomic E-state index is 0.0101. The standard InChI is InChI=1S/C28H33N5O2S2/c1-5-19(3)33-27(35)24(37-28(33)36)16-22-20(4)23(17-29)26(34)32(6-2)25(22)31-14-12-30(13-15-31)18-21-10-8-7-9-11-21/h7-11,16,19H,5-6,12-15,18H2,1-4H3. The van der Waals surface area contributed by atoms with Crippen molar-refractivity contribution < 1.29 is 4.79 Å². The van der Waals surface area contributed by atoms with Crippen molar-refractivity contribution in [1.29, 1.82) is 5.26 Å². The molecular weight excluding hydrogens is 502 g/mol. The van der Waals surface area contributed by atoms with E-state index in [1.807, 2.05) is 32.9 Å². The van der Waals surface area contributed by atoms with E-state index in [4.69, 9.17) is 12.2 Å². The normalized spacial score (nSPS) is 18.5. The third-order valence-electron chi connectivity index (χ3n) is 7.21. The predicted molar refractivity (Wildman–Crippen MR) is 155 cm³/mol. The smallest absolute Gasteiger partial charge is 0.270 e. The van der Waals surface area contributed by atoms with Gasteiger partial charge in [-0.05, 0) is 44.4 Å². The molecular formula is C28H33N5O2S2. The molecule has 1 aromatic carbocycles. The lowest BCUT2D eigenvalue weighted by molar-refractivity contribution is -0.123. The number of carbonyl (C=O) groups is 1. The molecule has 2 aromatic rings. The molecule has 194 valence electrons. The van der Waals surface area contributed by atoms with Crippen LogP contribution < -0.4 is 10.5 Å². The van der Waals surface area contributed by atoms with Crippen LogP contribution >= 0.6 is 24.0 Å². The molecule has 1 unspecified atom stereocenters. The van der Waals surface area contributed by atoms with Gasteiger partial charge in [0.15, 0.2) is 0 Å². The lowest BCUT2D eigenvalue weighted by Crippen LogP contribution is -2.48. The van der Waals surface area contributed by atoms with Gasteiger partial charge in [0.2, 0.25) is 0 Å². The first-order valence-electron chi connectivity index (χ1n) is 12.8. The molecule has 1 aromatic heterocycles. The maximum atomic E-state index is 13.3. The van der Waals surface area contributed by atoms with Crippen LogP contribution in [0.15, 0.2) is 40.0 Å². The van der Waals surface area contributed by atoms with Gasteiger partial charge in [-0.25, -0.2) is 0 Å². The van der Waals surface area contributed by atoms with Crippen molar-refractivity contribution in [3.63, 3.8) is 0 Å². The molecule has 9 heteroatoms. The van der Waals surface area contributed by atoms with Crippen LogP contribution in [-0.2, 0) is 17.9 Å². The largest absolute Gasteiger partial charge is 0.355 e. The maximum Gasteiger partial charge on any atom is 0.270 e. The van der Waals surface area contributed by atoms with Gasteiger partial charge in [-0.2, -0.15) is 5.26 Å². The number of rotatable bonds is 7. The molecule has 1 atom stereocenters. The lowest BCUT2D eigenvalue weighted by atomic mass is 10.0. The minimum Gasteiger partial charge on any atom is -0.355 e. The van der Waals surface area contributed by atoms with Gasteiger partial charge in [-0.3, -0.25) is 24.0 Å². The fourth-order valence-electron chi connectivity index (χ4n) is 4.91. The molecule has 2 aliphatic rings. The third-order valence-corrected chi connectivity index (χ3v) is 8.54. The summed E-state index contributed by atoms with van der Waals surface area (Å²) in [6, 6.07) is 12.5. The van der Waals surface area contributed by atoms with Gasteiger partial charge < -0.3 is 4.90 Å². The Morgan fingerprint density at radius 2 is 1.81 bits per heavy atom. The molecule has 7 nitrogen and oxygen atoms in total. The molecule has 0 N–H and O–H groups in total. The van der Waals surface area contributed by atoms with Crippen LogP contribution in [0.3, 0.4) is 0 Å². The lowest BCUT2D eigenvalue weighted by Gasteiger charge is -2.38. The Kier molecular flexibility index (Phi) is 8.53. The van der Waals surface area contributed by atoms with Gasteiger partial charge in [0.25, 0.3) is 11.5 Å². The Morgan fingerprint density at radius 1 is 1.14 bits per heavy atom. The van der Waals surface area contributed by atoms with Gasteiger partial charge in [0, 0.05) is 50.9 Å². The van der Waals surface area contributed by atoms with Crippen LogP contribution in [-0.4, -0.2) is 56.8 Å². The zero-order valence-corrected chi connectivity index (χ0v) is 23.5. The van der Waals surface area contributed by atoms with E-state index in [-0.39, 0.29) is 23.1 Å². The number of pyridine rings is 1. The van der Waals surface area contributed by atoms with Crippen LogP contribution in [0.4, 0.5) is 5.82 Å². The Hall–Kier alpha value is -2.93. The van der Waals surface area contributed by atoms with E-state index >= 15 is 0 Å². The van der Waals surface area contributed by atoms with E-state index < -0.39 is 0 Å². The average molecular weight is 536 g/mol. The topological polar surface area (TPSA) is 72.6 Å². The van der Waals surface area contributed by atoms with Gasteiger partial charge in [-0.1, -0.05) is 61.2 Å². The van der Waals surface area contributed by atoms with E-state index in [1.165, 1.54) is 17.3 Å². The number of benzene rings is 1. The summed E-state index contributed by atoms with van der Waals surface area (Å²) in [6.45, 7) is 12.2. The van der Waals surface area contributed by atoms with Crippen LogP contribution in [0, 0.1) is 18.3 Å². The minimum atomic E-state index is -0.284. The highest BCUT2D eigenvalue weighted by Crippen LogP contribution is 2.37. The van der Waals surface area contributed by atoms with E-state index in [2.05, 4.69) is 40.1 Å². The Morgan fingerprint density at radius 3 is 2.41 bits per heavy atom. The summed E-state index contributed by atoms with van der Waals surface area (Å²) in [5, 5.41) is 9.82. The number of piperazine rings is 1. The van der Waals surface area contributed by atoms with Crippen molar-refractivity contribution in [3.05, 3.63) is 67.8 Å². The molecule has 0 spiro atoms. The highest BCUT2D eigenvalue weighted by molar-refractivity contribution is 8.26. The summed E-state index contributed by atoms with van der Waals surface area (Å²) in [6.07, 6.45) is 2.64. The Labute approximate surface area is 228 Å².